The van der Waals surface area contributed by atoms with E-state index in [4.69, 9.17) is 15.2 Å². The van der Waals surface area contributed by atoms with E-state index in [9.17, 15) is 0 Å². The van der Waals surface area contributed by atoms with Gasteiger partial charge >= 0.3 is 0 Å². The van der Waals surface area contributed by atoms with Crippen molar-refractivity contribution in [3.63, 3.8) is 0 Å². The van der Waals surface area contributed by atoms with Crippen molar-refractivity contribution >= 4 is 0 Å². The van der Waals surface area contributed by atoms with Crippen LogP contribution in [0.25, 0.3) is 0 Å². The monoisotopic (exact) mass is 247 g/mol. The first kappa shape index (κ1) is 11.8. The number of benzene rings is 1. The van der Waals surface area contributed by atoms with Crippen LogP contribution in [-0.4, -0.2) is 19.3 Å². The SMILES string of the molecule is Cc1cc(C2(C(C)N)CC2)c2c(c1C)OCCO2. The van der Waals surface area contributed by atoms with Gasteiger partial charge in [-0.1, -0.05) is 6.07 Å². The average molecular weight is 247 g/mol. The van der Waals surface area contributed by atoms with E-state index in [2.05, 4.69) is 26.8 Å². The summed E-state index contributed by atoms with van der Waals surface area (Å²) in [6, 6.07) is 2.41. The molecular weight excluding hydrogens is 226 g/mol. The highest BCUT2D eigenvalue weighted by molar-refractivity contribution is 5.59. The van der Waals surface area contributed by atoms with Crippen LogP contribution in [-0.2, 0) is 5.41 Å². The van der Waals surface area contributed by atoms with E-state index in [1.54, 1.807) is 0 Å². The first-order valence-corrected chi connectivity index (χ1v) is 6.72. The Morgan fingerprint density at radius 2 is 1.78 bits per heavy atom. The summed E-state index contributed by atoms with van der Waals surface area (Å²) in [4.78, 5) is 0. The van der Waals surface area contributed by atoms with Crippen molar-refractivity contribution in [1.29, 1.82) is 0 Å². The molecule has 1 aliphatic heterocycles. The molecule has 1 aliphatic carbocycles. The van der Waals surface area contributed by atoms with E-state index in [-0.39, 0.29) is 11.5 Å². The summed E-state index contributed by atoms with van der Waals surface area (Å²) >= 11 is 0. The minimum Gasteiger partial charge on any atom is -0.486 e. The van der Waals surface area contributed by atoms with E-state index in [1.165, 1.54) is 16.7 Å². The number of aryl methyl sites for hydroxylation is 1. The summed E-state index contributed by atoms with van der Waals surface area (Å²) in [5.74, 6) is 1.88. The Bertz CT molecular complexity index is 490. The Labute approximate surface area is 108 Å². The van der Waals surface area contributed by atoms with E-state index < -0.39 is 0 Å². The van der Waals surface area contributed by atoms with Gasteiger partial charge < -0.3 is 15.2 Å². The van der Waals surface area contributed by atoms with Gasteiger partial charge in [0.1, 0.15) is 13.2 Å². The average Bonchev–Trinajstić information content (AvgIpc) is 3.15. The maximum Gasteiger partial charge on any atom is 0.165 e. The lowest BCUT2D eigenvalue weighted by Gasteiger charge is -2.29. The molecule has 0 spiro atoms. The van der Waals surface area contributed by atoms with Crippen LogP contribution in [0, 0.1) is 13.8 Å². The highest BCUT2D eigenvalue weighted by Crippen LogP contribution is 2.56. The number of ether oxygens (including phenoxy) is 2. The molecule has 1 fully saturated rings. The second-order valence-electron chi connectivity index (χ2n) is 5.67. The molecule has 1 unspecified atom stereocenters. The van der Waals surface area contributed by atoms with Crippen molar-refractivity contribution in [2.24, 2.45) is 5.73 Å². The minimum atomic E-state index is 0.114. The highest BCUT2D eigenvalue weighted by atomic mass is 16.6. The first-order valence-electron chi connectivity index (χ1n) is 6.72. The molecule has 1 saturated carbocycles. The van der Waals surface area contributed by atoms with E-state index in [0.29, 0.717) is 13.2 Å². The fourth-order valence-electron chi connectivity index (χ4n) is 2.94. The van der Waals surface area contributed by atoms with Gasteiger partial charge in [-0.2, -0.15) is 0 Å². The summed E-state index contributed by atoms with van der Waals surface area (Å²) in [6.45, 7) is 7.60. The normalized spacial score (nSPS) is 21.6. The van der Waals surface area contributed by atoms with Gasteiger partial charge in [-0.3, -0.25) is 0 Å². The molecule has 2 N–H and O–H groups in total. The molecule has 3 rings (SSSR count). The van der Waals surface area contributed by atoms with E-state index in [1.807, 2.05) is 0 Å². The van der Waals surface area contributed by atoms with Crippen molar-refractivity contribution in [1.82, 2.24) is 0 Å². The number of hydrogen-bond donors (Lipinski definition) is 1. The maximum atomic E-state index is 6.19. The molecule has 3 nitrogen and oxygen atoms in total. The number of fused-ring (bicyclic) bond motifs is 1. The Morgan fingerprint density at radius 3 is 2.33 bits per heavy atom. The van der Waals surface area contributed by atoms with Gasteiger partial charge in [-0.25, -0.2) is 0 Å². The molecule has 98 valence electrons. The molecule has 18 heavy (non-hydrogen) atoms. The van der Waals surface area contributed by atoms with E-state index >= 15 is 0 Å². The molecule has 1 aromatic rings. The van der Waals surface area contributed by atoms with Crippen molar-refractivity contribution in [3.8, 4) is 11.5 Å². The third-order valence-corrected chi connectivity index (χ3v) is 4.52. The Morgan fingerprint density at radius 1 is 1.17 bits per heavy atom. The number of hydrogen-bond acceptors (Lipinski definition) is 3. The van der Waals surface area contributed by atoms with Gasteiger partial charge in [0.15, 0.2) is 11.5 Å². The van der Waals surface area contributed by atoms with Gasteiger partial charge in [0.25, 0.3) is 0 Å². The van der Waals surface area contributed by atoms with Crippen LogP contribution in [0.3, 0.4) is 0 Å². The van der Waals surface area contributed by atoms with Crippen molar-refractivity contribution in [3.05, 3.63) is 22.8 Å². The molecule has 0 aromatic heterocycles. The molecule has 0 bridgehead atoms. The lowest BCUT2D eigenvalue weighted by Crippen LogP contribution is -2.33. The van der Waals surface area contributed by atoms with Gasteiger partial charge in [0.05, 0.1) is 0 Å². The quantitative estimate of drug-likeness (QED) is 0.873. The van der Waals surface area contributed by atoms with Crippen molar-refractivity contribution in [2.75, 3.05) is 13.2 Å². The van der Waals surface area contributed by atoms with E-state index in [0.717, 1.165) is 24.3 Å². The lowest BCUT2D eigenvalue weighted by molar-refractivity contribution is 0.167. The topological polar surface area (TPSA) is 44.5 Å². The number of rotatable bonds is 2. The molecule has 0 amide bonds. The maximum absolute atomic E-state index is 6.19. The summed E-state index contributed by atoms with van der Waals surface area (Å²) in [7, 11) is 0. The van der Waals surface area contributed by atoms with Crippen molar-refractivity contribution < 1.29 is 9.47 Å². The third-order valence-electron chi connectivity index (χ3n) is 4.52. The van der Waals surface area contributed by atoms with Crippen LogP contribution in [0.5, 0.6) is 11.5 Å². The van der Waals surface area contributed by atoms with Crippen LogP contribution in [0.15, 0.2) is 6.07 Å². The van der Waals surface area contributed by atoms with Crippen molar-refractivity contribution in [2.45, 2.75) is 45.1 Å². The second kappa shape index (κ2) is 3.89. The predicted molar refractivity (Wildman–Crippen MR) is 71.5 cm³/mol. The van der Waals surface area contributed by atoms with Crippen LogP contribution in [0.1, 0.15) is 36.5 Å². The summed E-state index contributed by atoms with van der Waals surface area (Å²) < 4.78 is 11.7. The van der Waals surface area contributed by atoms with Gasteiger partial charge in [-0.15, -0.1) is 0 Å². The largest absolute Gasteiger partial charge is 0.486 e. The second-order valence-corrected chi connectivity index (χ2v) is 5.67. The van der Waals surface area contributed by atoms with Crippen LogP contribution in [0.2, 0.25) is 0 Å². The lowest BCUT2D eigenvalue weighted by atomic mass is 9.86. The predicted octanol–water partition coefficient (Wildman–Crippen LogP) is 2.45. The number of nitrogens with two attached hydrogens (primary N) is 1. The van der Waals surface area contributed by atoms with Crippen LogP contribution in [0.4, 0.5) is 0 Å². The molecular formula is C15H21NO2. The standard InChI is InChI=1S/C15H21NO2/c1-9-8-12(15(4-5-15)11(3)16)14-13(10(9)2)17-6-7-18-14/h8,11H,4-7,16H2,1-3H3. The smallest absolute Gasteiger partial charge is 0.165 e. The minimum absolute atomic E-state index is 0.114. The molecule has 0 saturated heterocycles. The zero-order chi connectivity index (χ0) is 12.9. The van der Waals surface area contributed by atoms with Crippen LogP contribution >= 0.6 is 0 Å². The zero-order valence-electron chi connectivity index (χ0n) is 11.4. The third kappa shape index (κ3) is 1.53. The summed E-state index contributed by atoms with van der Waals surface area (Å²) in [6.07, 6.45) is 2.31. The van der Waals surface area contributed by atoms with Gasteiger partial charge in [0, 0.05) is 17.0 Å². The van der Waals surface area contributed by atoms with Gasteiger partial charge in [-0.05, 0) is 44.7 Å². The first-order chi connectivity index (χ1) is 8.56. The molecule has 1 heterocycles. The Balaban J connectivity index is 2.18. The highest BCUT2D eigenvalue weighted by Gasteiger charge is 2.50. The fourth-order valence-corrected chi connectivity index (χ4v) is 2.94. The summed E-state index contributed by atoms with van der Waals surface area (Å²) in [5.41, 5.74) is 10.0. The fraction of sp³-hybridized carbons (Fsp3) is 0.600. The molecule has 3 heteroatoms. The molecule has 1 aromatic carbocycles. The van der Waals surface area contributed by atoms with Crippen LogP contribution < -0.4 is 15.2 Å². The Hall–Kier alpha value is -1.22. The zero-order valence-corrected chi connectivity index (χ0v) is 11.4. The summed E-state index contributed by atoms with van der Waals surface area (Å²) in [5, 5.41) is 0. The molecule has 0 radical (unpaired) electrons. The molecule has 1 atom stereocenters. The Kier molecular flexibility index (Phi) is 2.56. The molecule has 2 aliphatic rings. The van der Waals surface area contributed by atoms with Gasteiger partial charge in [0.2, 0.25) is 0 Å².